The number of hydrogen-bond donors (Lipinski definition) is 2. The van der Waals surface area contributed by atoms with Gasteiger partial charge in [0.25, 0.3) is 5.91 Å². The summed E-state index contributed by atoms with van der Waals surface area (Å²) in [6.07, 6.45) is -4.94. The number of benzene rings is 2. The van der Waals surface area contributed by atoms with Gasteiger partial charge in [0.1, 0.15) is 5.54 Å². The highest BCUT2D eigenvalue weighted by Gasteiger charge is 2.58. The van der Waals surface area contributed by atoms with Gasteiger partial charge in [-0.1, -0.05) is 30.3 Å². The van der Waals surface area contributed by atoms with E-state index in [0.717, 1.165) is 29.2 Å². The van der Waals surface area contributed by atoms with Crippen LogP contribution in [0.4, 0.5) is 13.2 Å². The van der Waals surface area contributed by atoms with E-state index in [2.05, 4.69) is 0 Å². The number of nitrogens with zero attached hydrogens (tertiary/aromatic N) is 1. The van der Waals surface area contributed by atoms with Crippen LogP contribution in [0.2, 0.25) is 0 Å². The molecule has 1 fully saturated rings. The summed E-state index contributed by atoms with van der Waals surface area (Å²) in [5, 5.41) is 19.5. The molecule has 1 amide bonds. The summed E-state index contributed by atoms with van der Waals surface area (Å²) in [5.74, 6) is -4.72. The zero-order chi connectivity index (χ0) is 22.3. The maximum atomic E-state index is 13.3. The van der Waals surface area contributed by atoms with Gasteiger partial charge in [0.15, 0.2) is 0 Å². The molecular weight excluding hydrogens is 403 g/mol. The van der Waals surface area contributed by atoms with E-state index < -0.39 is 47.1 Å². The Morgan fingerprint density at radius 1 is 1.00 bits per heavy atom. The van der Waals surface area contributed by atoms with Gasteiger partial charge in [0.05, 0.1) is 17.5 Å². The summed E-state index contributed by atoms with van der Waals surface area (Å²) in [4.78, 5) is 38.2. The van der Waals surface area contributed by atoms with Crippen LogP contribution in [0.1, 0.15) is 40.9 Å². The van der Waals surface area contributed by atoms with E-state index in [-0.39, 0.29) is 12.0 Å². The molecule has 3 atom stereocenters. The fourth-order valence-electron chi connectivity index (χ4n) is 3.86. The first-order chi connectivity index (χ1) is 14.0. The molecule has 0 aromatic heterocycles. The molecule has 2 aromatic carbocycles. The molecule has 0 bridgehead atoms. The van der Waals surface area contributed by atoms with Gasteiger partial charge >= 0.3 is 18.1 Å². The van der Waals surface area contributed by atoms with Crippen molar-refractivity contribution in [2.24, 2.45) is 5.92 Å². The fourth-order valence-corrected chi connectivity index (χ4v) is 3.86. The number of amides is 1. The van der Waals surface area contributed by atoms with Crippen molar-refractivity contribution in [3.63, 3.8) is 0 Å². The van der Waals surface area contributed by atoms with Crippen LogP contribution in [0.25, 0.3) is 0 Å². The minimum Gasteiger partial charge on any atom is -0.481 e. The number of likely N-dealkylation sites (tertiary alicyclic amines) is 1. The Bertz CT molecular complexity index is 974. The van der Waals surface area contributed by atoms with Gasteiger partial charge in [-0.2, -0.15) is 13.2 Å². The van der Waals surface area contributed by atoms with Gasteiger partial charge in [0, 0.05) is 5.56 Å². The quantitative estimate of drug-likeness (QED) is 0.782. The lowest BCUT2D eigenvalue weighted by Crippen LogP contribution is -2.51. The summed E-state index contributed by atoms with van der Waals surface area (Å²) in [5.41, 5.74) is -2.55. The largest absolute Gasteiger partial charge is 0.481 e. The van der Waals surface area contributed by atoms with Crippen LogP contribution < -0.4 is 0 Å². The highest BCUT2D eigenvalue weighted by Crippen LogP contribution is 2.48. The maximum absolute atomic E-state index is 13.3. The predicted molar refractivity (Wildman–Crippen MR) is 98.6 cm³/mol. The predicted octanol–water partition coefficient (Wildman–Crippen LogP) is 3.84. The third kappa shape index (κ3) is 3.62. The van der Waals surface area contributed by atoms with E-state index in [0.29, 0.717) is 5.56 Å². The normalized spacial score (nSPS) is 23.9. The topological polar surface area (TPSA) is 94.9 Å². The second kappa shape index (κ2) is 7.47. The molecule has 3 rings (SSSR count). The fraction of sp³-hybridized carbons (Fsp3) is 0.286. The van der Waals surface area contributed by atoms with Gasteiger partial charge in [-0.3, -0.25) is 9.59 Å². The number of rotatable bonds is 4. The average Bonchev–Trinajstić information content (AvgIpc) is 3.02. The Labute approximate surface area is 169 Å². The number of carboxylic acids is 2. The Kier molecular flexibility index (Phi) is 5.32. The molecule has 6 nitrogen and oxygen atoms in total. The molecule has 2 aromatic rings. The van der Waals surface area contributed by atoms with Crippen molar-refractivity contribution < 1.29 is 37.8 Å². The Hall–Kier alpha value is -3.36. The molecule has 1 aliphatic rings. The summed E-state index contributed by atoms with van der Waals surface area (Å²) in [7, 11) is 0. The second-order valence-electron chi connectivity index (χ2n) is 7.33. The van der Waals surface area contributed by atoms with Gasteiger partial charge in [-0.15, -0.1) is 0 Å². The Balaban J connectivity index is 2.12. The first kappa shape index (κ1) is 21.4. The standard InChI is InChI=1S/C21H18F3NO5/c1-20(19(29)30)11-15(18(27)28)16(12-5-3-2-4-6-12)25(20)17(26)13-7-9-14(10-8-13)21(22,23)24/h2-10,15-16H,11H2,1H3,(H,27,28)(H,29,30)/t15-,16-,20-/m0/s1. The lowest BCUT2D eigenvalue weighted by atomic mass is 9.90. The SMILES string of the molecule is C[C@@]1(C(=O)O)C[C@H](C(=O)O)[C@H](c2ccccc2)N1C(=O)c1ccc(C(F)(F)F)cc1. The summed E-state index contributed by atoms with van der Waals surface area (Å²) in [6.45, 7) is 1.25. The van der Waals surface area contributed by atoms with E-state index in [1.165, 1.54) is 6.92 Å². The van der Waals surface area contributed by atoms with Crippen molar-refractivity contribution >= 4 is 17.8 Å². The highest BCUT2D eigenvalue weighted by molar-refractivity contribution is 5.99. The smallest absolute Gasteiger partial charge is 0.416 e. The Morgan fingerprint density at radius 2 is 1.57 bits per heavy atom. The summed E-state index contributed by atoms with van der Waals surface area (Å²) >= 11 is 0. The highest BCUT2D eigenvalue weighted by atomic mass is 19.4. The van der Waals surface area contributed by atoms with Crippen molar-refractivity contribution in [3.8, 4) is 0 Å². The van der Waals surface area contributed by atoms with Crippen molar-refractivity contribution in [1.82, 2.24) is 4.90 Å². The van der Waals surface area contributed by atoms with E-state index in [9.17, 15) is 37.8 Å². The van der Waals surface area contributed by atoms with Crippen molar-refractivity contribution in [3.05, 3.63) is 71.3 Å². The minimum absolute atomic E-state index is 0.164. The number of carbonyl (C=O) groups excluding carboxylic acids is 1. The second-order valence-corrected chi connectivity index (χ2v) is 7.33. The van der Waals surface area contributed by atoms with Gasteiger partial charge in [0.2, 0.25) is 0 Å². The molecule has 0 radical (unpaired) electrons. The van der Waals surface area contributed by atoms with Crippen LogP contribution in [0.3, 0.4) is 0 Å². The van der Waals surface area contributed by atoms with Crippen LogP contribution in [0.15, 0.2) is 54.6 Å². The molecular formula is C21H18F3NO5. The van der Waals surface area contributed by atoms with E-state index in [1.54, 1.807) is 30.3 Å². The number of alkyl halides is 3. The monoisotopic (exact) mass is 421 g/mol. The molecule has 0 saturated carbocycles. The molecule has 1 heterocycles. The molecule has 1 saturated heterocycles. The van der Waals surface area contributed by atoms with Crippen LogP contribution in [-0.4, -0.2) is 38.5 Å². The van der Waals surface area contributed by atoms with E-state index in [1.807, 2.05) is 0 Å². The zero-order valence-corrected chi connectivity index (χ0v) is 15.8. The molecule has 30 heavy (non-hydrogen) atoms. The first-order valence-corrected chi connectivity index (χ1v) is 8.99. The third-order valence-electron chi connectivity index (χ3n) is 5.41. The lowest BCUT2D eigenvalue weighted by molar-refractivity contribution is -0.148. The number of halogens is 3. The molecule has 1 aliphatic heterocycles. The summed E-state index contributed by atoms with van der Waals surface area (Å²) < 4.78 is 38.5. The average molecular weight is 421 g/mol. The van der Waals surface area contributed by atoms with Gasteiger partial charge in [-0.05, 0) is 43.2 Å². The number of carboxylic acid groups (broad SMARTS) is 2. The van der Waals surface area contributed by atoms with Gasteiger partial charge < -0.3 is 15.1 Å². The maximum Gasteiger partial charge on any atom is 0.416 e. The molecule has 9 heteroatoms. The Morgan fingerprint density at radius 3 is 2.03 bits per heavy atom. The third-order valence-corrected chi connectivity index (χ3v) is 5.41. The van der Waals surface area contributed by atoms with Crippen molar-refractivity contribution in [1.29, 1.82) is 0 Å². The number of aliphatic carboxylic acids is 2. The molecule has 158 valence electrons. The lowest BCUT2D eigenvalue weighted by Gasteiger charge is -2.36. The molecule has 2 N–H and O–H groups in total. The van der Waals surface area contributed by atoms with Crippen LogP contribution in [0.5, 0.6) is 0 Å². The van der Waals surface area contributed by atoms with Crippen LogP contribution in [-0.2, 0) is 15.8 Å². The molecule has 0 aliphatic carbocycles. The van der Waals surface area contributed by atoms with Gasteiger partial charge in [-0.25, -0.2) is 4.79 Å². The summed E-state index contributed by atoms with van der Waals surface area (Å²) in [6, 6.07) is 10.4. The number of carbonyl (C=O) groups is 3. The minimum atomic E-state index is -4.59. The van der Waals surface area contributed by atoms with Crippen LogP contribution >= 0.6 is 0 Å². The van der Waals surface area contributed by atoms with Crippen LogP contribution in [0, 0.1) is 5.92 Å². The van der Waals surface area contributed by atoms with Crippen molar-refractivity contribution in [2.75, 3.05) is 0 Å². The molecule has 0 spiro atoms. The van der Waals surface area contributed by atoms with Crippen molar-refractivity contribution in [2.45, 2.75) is 31.1 Å². The molecule has 0 unspecified atom stereocenters. The van der Waals surface area contributed by atoms with E-state index >= 15 is 0 Å². The first-order valence-electron chi connectivity index (χ1n) is 8.99. The zero-order valence-electron chi connectivity index (χ0n) is 15.8. The number of hydrogen-bond acceptors (Lipinski definition) is 3. The van der Waals surface area contributed by atoms with E-state index in [4.69, 9.17) is 0 Å².